The van der Waals surface area contributed by atoms with E-state index in [9.17, 15) is 13.2 Å². The summed E-state index contributed by atoms with van der Waals surface area (Å²) in [5.41, 5.74) is 1.35. The van der Waals surface area contributed by atoms with Gasteiger partial charge < -0.3 is 10.6 Å². The zero-order chi connectivity index (χ0) is 15.6. The second-order valence-corrected chi connectivity index (χ2v) is 7.26. The van der Waals surface area contributed by atoms with Crippen LogP contribution in [0.3, 0.4) is 0 Å². The highest BCUT2D eigenvalue weighted by Gasteiger charge is 2.29. The molecule has 2 atom stereocenters. The number of hydrogen-bond donors (Lipinski definition) is 3. The predicted molar refractivity (Wildman–Crippen MR) is 81.6 cm³/mol. The number of carbonyl (C=O) groups excluding carboxylic acids is 1. The first-order valence-corrected chi connectivity index (χ1v) is 8.42. The summed E-state index contributed by atoms with van der Waals surface area (Å²) in [5, 5.41) is 5.98. The van der Waals surface area contributed by atoms with Crippen LogP contribution in [-0.2, 0) is 14.8 Å². The molecule has 1 heterocycles. The topological polar surface area (TPSA) is 87.3 Å². The van der Waals surface area contributed by atoms with Crippen molar-refractivity contribution in [2.24, 2.45) is 5.92 Å². The van der Waals surface area contributed by atoms with Crippen molar-refractivity contribution < 1.29 is 13.2 Å². The number of rotatable bonds is 4. The van der Waals surface area contributed by atoms with Gasteiger partial charge in [0, 0.05) is 5.69 Å². The van der Waals surface area contributed by atoms with Gasteiger partial charge in [-0.1, -0.05) is 13.0 Å². The van der Waals surface area contributed by atoms with E-state index in [1.807, 2.05) is 13.8 Å². The summed E-state index contributed by atoms with van der Waals surface area (Å²) in [6, 6.07) is 4.46. The van der Waals surface area contributed by atoms with E-state index in [2.05, 4.69) is 15.4 Å². The summed E-state index contributed by atoms with van der Waals surface area (Å²) >= 11 is 0. The van der Waals surface area contributed by atoms with Gasteiger partial charge in [-0.2, -0.15) is 0 Å². The average molecular weight is 311 g/mol. The van der Waals surface area contributed by atoms with E-state index in [4.69, 9.17) is 0 Å². The number of anilines is 1. The van der Waals surface area contributed by atoms with Gasteiger partial charge in [0.25, 0.3) is 0 Å². The van der Waals surface area contributed by atoms with Gasteiger partial charge in [0.05, 0.1) is 10.9 Å². The van der Waals surface area contributed by atoms with Crippen LogP contribution in [-0.4, -0.2) is 34.0 Å². The zero-order valence-corrected chi connectivity index (χ0v) is 13.3. The molecule has 0 aliphatic carbocycles. The van der Waals surface area contributed by atoms with Crippen LogP contribution in [0.25, 0.3) is 0 Å². The van der Waals surface area contributed by atoms with Crippen LogP contribution in [0.5, 0.6) is 0 Å². The maximum atomic E-state index is 12.3. The fourth-order valence-corrected chi connectivity index (χ4v) is 3.17. The lowest BCUT2D eigenvalue weighted by molar-refractivity contribution is -0.118. The average Bonchev–Trinajstić information content (AvgIpc) is 2.87. The molecule has 1 saturated heterocycles. The smallest absolute Gasteiger partial charge is 0.241 e. The normalized spacial score (nSPS) is 22.2. The van der Waals surface area contributed by atoms with Crippen LogP contribution in [0.15, 0.2) is 23.1 Å². The molecule has 0 bridgehead atoms. The van der Waals surface area contributed by atoms with E-state index in [0.29, 0.717) is 5.69 Å². The molecule has 7 heteroatoms. The van der Waals surface area contributed by atoms with Crippen molar-refractivity contribution in [3.05, 3.63) is 23.8 Å². The molecule has 1 aliphatic heterocycles. The predicted octanol–water partition coefficient (Wildman–Crippen LogP) is 0.840. The molecular weight excluding hydrogens is 290 g/mol. The van der Waals surface area contributed by atoms with Gasteiger partial charge in [0.2, 0.25) is 15.9 Å². The summed E-state index contributed by atoms with van der Waals surface area (Å²) in [7, 11) is -2.16. The maximum Gasteiger partial charge on any atom is 0.241 e. The Morgan fingerprint density at radius 3 is 2.67 bits per heavy atom. The minimum absolute atomic E-state index is 0.123. The molecule has 6 nitrogen and oxygen atoms in total. The molecule has 0 spiro atoms. The van der Waals surface area contributed by atoms with E-state index >= 15 is 0 Å². The van der Waals surface area contributed by atoms with Crippen LogP contribution >= 0.6 is 0 Å². The Hall–Kier alpha value is -1.44. The molecule has 1 fully saturated rings. The number of amides is 1. The molecule has 116 valence electrons. The first kappa shape index (κ1) is 15.9. The van der Waals surface area contributed by atoms with E-state index in [1.54, 1.807) is 6.07 Å². The van der Waals surface area contributed by atoms with Crippen molar-refractivity contribution in [1.29, 1.82) is 0 Å². The Morgan fingerprint density at radius 2 is 2.10 bits per heavy atom. The fourth-order valence-electron chi connectivity index (χ4n) is 2.42. The van der Waals surface area contributed by atoms with Crippen LogP contribution < -0.4 is 15.4 Å². The number of hydrogen-bond acceptors (Lipinski definition) is 4. The van der Waals surface area contributed by atoms with Crippen molar-refractivity contribution in [1.82, 2.24) is 10.0 Å². The van der Waals surface area contributed by atoms with E-state index < -0.39 is 10.0 Å². The van der Waals surface area contributed by atoms with Crippen LogP contribution in [0.2, 0.25) is 0 Å². The molecular formula is C14H21N3O3S. The number of aryl methyl sites for hydroxylation is 1. The lowest BCUT2D eigenvalue weighted by Gasteiger charge is -2.17. The van der Waals surface area contributed by atoms with Gasteiger partial charge >= 0.3 is 0 Å². The molecule has 0 aromatic heterocycles. The number of carbonyl (C=O) groups is 1. The Labute approximate surface area is 125 Å². The summed E-state index contributed by atoms with van der Waals surface area (Å²) in [5.74, 6) is 0.150. The number of nitrogens with one attached hydrogen (secondary N) is 3. The third kappa shape index (κ3) is 3.42. The van der Waals surface area contributed by atoms with Crippen LogP contribution in [0, 0.1) is 12.8 Å². The first-order chi connectivity index (χ1) is 9.85. The van der Waals surface area contributed by atoms with Crippen molar-refractivity contribution in [2.75, 3.05) is 18.9 Å². The second kappa shape index (κ2) is 6.13. The van der Waals surface area contributed by atoms with E-state index in [1.165, 1.54) is 19.2 Å². The van der Waals surface area contributed by atoms with Gasteiger partial charge in [-0.25, -0.2) is 13.1 Å². The Morgan fingerprint density at radius 1 is 1.38 bits per heavy atom. The molecule has 3 N–H and O–H groups in total. The van der Waals surface area contributed by atoms with Gasteiger partial charge in [-0.05, 0) is 50.6 Å². The summed E-state index contributed by atoms with van der Waals surface area (Å²) in [6.07, 6.45) is 0.964. The largest absolute Gasteiger partial charge is 0.324 e. The minimum atomic E-state index is -3.52. The second-order valence-electron chi connectivity index (χ2n) is 5.37. The van der Waals surface area contributed by atoms with Crippen LogP contribution in [0.1, 0.15) is 18.9 Å². The summed E-state index contributed by atoms with van der Waals surface area (Å²) < 4.78 is 25.9. The van der Waals surface area contributed by atoms with Gasteiger partial charge in [0.15, 0.2) is 0 Å². The minimum Gasteiger partial charge on any atom is -0.324 e. The highest BCUT2D eigenvalue weighted by molar-refractivity contribution is 7.89. The molecule has 2 rings (SSSR count). The van der Waals surface area contributed by atoms with E-state index in [-0.39, 0.29) is 22.8 Å². The first-order valence-electron chi connectivity index (χ1n) is 6.93. The maximum absolute atomic E-state index is 12.3. The molecule has 0 saturated carbocycles. The lowest BCUT2D eigenvalue weighted by Crippen LogP contribution is -2.39. The quantitative estimate of drug-likeness (QED) is 0.769. The summed E-state index contributed by atoms with van der Waals surface area (Å²) in [4.78, 5) is 12.4. The Balaban J connectivity index is 2.23. The van der Waals surface area contributed by atoms with Crippen molar-refractivity contribution >= 4 is 21.6 Å². The molecule has 1 amide bonds. The molecule has 0 radical (unpaired) electrons. The third-order valence-electron chi connectivity index (χ3n) is 3.86. The van der Waals surface area contributed by atoms with Crippen molar-refractivity contribution in [3.8, 4) is 0 Å². The zero-order valence-electron chi connectivity index (χ0n) is 12.4. The highest BCUT2D eigenvalue weighted by atomic mass is 32.2. The molecule has 21 heavy (non-hydrogen) atoms. The Bertz CT molecular complexity index is 643. The monoisotopic (exact) mass is 311 g/mol. The molecule has 1 aromatic rings. The van der Waals surface area contributed by atoms with Crippen molar-refractivity contribution in [3.63, 3.8) is 0 Å². The number of sulfonamides is 1. The fraction of sp³-hybridized carbons (Fsp3) is 0.500. The van der Waals surface area contributed by atoms with Gasteiger partial charge in [-0.3, -0.25) is 4.79 Å². The summed E-state index contributed by atoms with van der Waals surface area (Å²) in [6.45, 7) is 4.68. The lowest BCUT2D eigenvalue weighted by atomic mass is 10.0. The molecule has 1 aliphatic rings. The standard InChI is InChI=1S/C14H21N3O3S/c1-9-4-5-11(21(19,20)15-3)8-12(9)17-14(18)13-10(2)6-7-16-13/h4-5,8,10,13,15-16H,6-7H2,1-3H3,(H,17,18). The van der Waals surface area contributed by atoms with Gasteiger partial charge in [-0.15, -0.1) is 0 Å². The van der Waals surface area contributed by atoms with Gasteiger partial charge in [0.1, 0.15) is 0 Å². The van der Waals surface area contributed by atoms with Crippen molar-refractivity contribution in [2.45, 2.75) is 31.2 Å². The SMILES string of the molecule is CNS(=O)(=O)c1ccc(C)c(NC(=O)C2NCCC2C)c1. The van der Waals surface area contributed by atoms with E-state index in [0.717, 1.165) is 18.5 Å². The third-order valence-corrected chi connectivity index (χ3v) is 5.27. The number of benzene rings is 1. The molecule has 2 unspecified atom stereocenters. The molecule has 1 aromatic carbocycles. The highest BCUT2D eigenvalue weighted by Crippen LogP contribution is 2.22. The van der Waals surface area contributed by atoms with Crippen LogP contribution in [0.4, 0.5) is 5.69 Å². The Kier molecular flexibility index (Phi) is 4.65.